The van der Waals surface area contributed by atoms with Gasteiger partial charge in [-0.2, -0.15) is 0 Å². The van der Waals surface area contributed by atoms with Crippen molar-refractivity contribution >= 4 is 28.3 Å². The molecule has 2 heterocycles. The lowest BCUT2D eigenvalue weighted by molar-refractivity contribution is -0.121. The zero-order valence-corrected chi connectivity index (χ0v) is 13.8. The van der Waals surface area contributed by atoms with E-state index >= 15 is 0 Å². The number of aromatic nitrogens is 1. The van der Waals surface area contributed by atoms with Crippen LogP contribution in [0.4, 0.5) is 5.13 Å². The maximum Gasteiger partial charge on any atom is 0.228 e. The van der Waals surface area contributed by atoms with Crippen LogP contribution < -0.4 is 10.2 Å². The predicted octanol–water partition coefficient (Wildman–Crippen LogP) is 2.69. The van der Waals surface area contributed by atoms with Crippen LogP contribution in [-0.4, -0.2) is 23.3 Å². The van der Waals surface area contributed by atoms with E-state index in [-0.39, 0.29) is 24.3 Å². The van der Waals surface area contributed by atoms with Crippen LogP contribution in [-0.2, 0) is 16.0 Å². The number of benzene rings is 1. The second-order valence-electron chi connectivity index (χ2n) is 5.65. The van der Waals surface area contributed by atoms with Gasteiger partial charge in [0.2, 0.25) is 11.8 Å². The van der Waals surface area contributed by atoms with Crippen molar-refractivity contribution < 1.29 is 9.59 Å². The zero-order valence-electron chi connectivity index (χ0n) is 13.0. The third-order valence-electron chi connectivity index (χ3n) is 3.86. The van der Waals surface area contributed by atoms with Crippen LogP contribution in [0.15, 0.2) is 35.7 Å². The van der Waals surface area contributed by atoms with E-state index in [0.717, 1.165) is 18.5 Å². The van der Waals surface area contributed by atoms with Crippen LogP contribution in [0.2, 0.25) is 0 Å². The van der Waals surface area contributed by atoms with E-state index in [0.29, 0.717) is 17.2 Å². The average molecular weight is 329 g/mol. The molecule has 0 spiro atoms. The van der Waals surface area contributed by atoms with Crippen LogP contribution >= 0.6 is 11.3 Å². The highest BCUT2D eigenvalue weighted by Gasteiger charge is 2.24. The van der Waals surface area contributed by atoms with Gasteiger partial charge in [-0.3, -0.25) is 14.5 Å². The predicted molar refractivity (Wildman–Crippen MR) is 90.4 cm³/mol. The van der Waals surface area contributed by atoms with Gasteiger partial charge in [0.25, 0.3) is 0 Å². The molecule has 1 aliphatic heterocycles. The molecule has 3 rings (SSSR count). The Bertz CT molecular complexity index is 699. The number of carbonyl (C=O) groups excluding carboxylic acids is 2. The molecule has 1 N–H and O–H groups in total. The van der Waals surface area contributed by atoms with E-state index in [9.17, 15) is 9.59 Å². The van der Waals surface area contributed by atoms with Gasteiger partial charge in [-0.05, 0) is 18.9 Å². The van der Waals surface area contributed by atoms with Gasteiger partial charge < -0.3 is 5.32 Å². The zero-order chi connectivity index (χ0) is 16.2. The SMILES string of the molecule is C[C@@H](NC(=O)Cc1csc(N2CCCC2=O)n1)c1ccccc1. The summed E-state index contributed by atoms with van der Waals surface area (Å²) in [4.78, 5) is 30.0. The van der Waals surface area contributed by atoms with E-state index in [2.05, 4.69) is 10.3 Å². The molecule has 0 unspecified atom stereocenters. The van der Waals surface area contributed by atoms with E-state index in [1.807, 2.05) is 42.6 Å². The van der Waals surface area contributed by atoms with Crippen LogP contribution in [0.25, 0.3) is 0 Å². The fourth-order valence-corrected chi connectivity index (χ4v) is 3.50. The fourth-order valence-electron chi connectivity index (χ4n) is 2.63. The maximum absolute atomic E-state index is 12.2. The first-order valence-corrected chi connectivity index (χ1v) is 8.60. The van der Waals surface area contributed by atoms with E-state index in [1.165, 1.54) is 11.3 Å². The third kappa shape index (κ3) is 3.76. The van der Waals surface area contributed by atoms with Crippen molar-refractivity contribution in [1.82, 2.24) is 10.3 Å². The molecule has 2 amide bonds. The van der Waals surface area contributed by atoms with Crippen LogP contribution in [0.1, 0.15) is 37.1 Å². The highest BCUT2D eigenvalue weighted by molar-refractivity contribution is 7.14. The first-order chi connectivity index (χ1) is 11.1. The summed E-state index contributed by atoms with van der Waals surface area (Å²) in [5.41, 5.74) is 1.78. The molecule has 5 nitrogen and oxygen atoms in total. The normalized spacial score (nSPS) is 15.7. The molecule has 1 aromatic heterocycles. The summed E-state index contributed by atoms with van der Waals surface area (Å²) in [5.74, 6) is 0.0546. The van der Waals surface area contributed by atoms with Crippen molar-refractivity contribution in [2.24, 2.45) is 0 Å². The Morgan fingerprint density at radius 2 is 2.17 bits per heavy atom. The molecule has 1 aliphatic rings. The summed E-state index contributed by atoms with van der Waals surface area (Å²) >= 11 is 1.42. The molecular formula is C17H19N3O2S. The standard InChI is InChI=1S/C17H19N3O2S/c1-12(13-6-3-2-4-7-13)18-15(21)10-14-11-23-17(19-14)20-9-5-8-16(20)22/h2-4,6-7,11-12H,5,8-10H2,1H3,(H,18,21)/t12-/m1/s1. The van der Waals surface area contributed by atoms with Crippen molar-refractivity contribution in [2.45, 2.75) is 32.2 Å². The van der Waals surface area contributed by atoms with Gasteiger partial charge in [0, 0.05) is 18.3 Å². The van der Waals surface area contributed by atoms with Crippen molar-refractivity contribution in [3.63, 3.8) is 0 Å². The highest BCUT2D eigenvalue weighted by Crippen LogP contribution is 2.25. The monoisotopic (exact) mass is 329 g/mol. The second kappa shape index (κ2) is 6.91. The minimum atomic E-state index is -0.0639. The molecule has 0 saturated carbocycles. The van der Waals surface area contributed by atoms with Gasteiger partial charge in [0.1, 0.15) is 0 Å². The quantitative estimate of drug-likeness (QED) is 0.917. The van der Waals surface area contributed by atoms with Gasteiger partial charge in [0.15, 0.2) is 5.13 Å². The molecule has 1 saturated heterocycles. The van der Waals surface area contributed by atoms with Gasteiger partial charge in [-0.1, -0.05) is 30.3 Å². The minimum Gasteiger partial charge on any atom is -0.349 e. The molecule has 23 heavy (non-hydrogen) atoms. The van der Waals surface area contributed by atoms with Crippen LogP contribution in [0, 0.1) is 0 Å². The number of thiazole rings is 1. The minimum absolute atomic E-state index is 0.0398. The Hall–Kier alpha value is -2.21. The summed E-state index contributed by atoms with van der Waals surface area (Å²) in [6.45, 7) is 2.69. The maximum atomic E-state index is 12.2. The fraction of sp³-hybridized carbons (Fsp3) is 0.353. The number of nitrogens with one attached hydrogen (secondary N) is 1. The lowest BCUT2D eigenvalue weighted by atomic mass is 10.1. The van der Waals surface area contributed by atoms with Gasteiger partial charge in [-0.15, -0.1) is 11.3 Å². The van der Waals surface area contributed by atoms with Crippen molar-refractivity contribution in [3.8, 4) is 0 Å². The Morgan fingerprint density at radius 1 is 1.39 bits per heavy atom. The van der Waals surface area contributed by atoms with Crippen molar-refractivity contribution in [1.29, 1.82) is 0 Å². The van der Waals surface area contributed by atoms with E-state index in [1.54, 1.807) is 4.90 Å². The Labute approximate surface area is 139 Å². The van der Waals surface area contributed by atoms with E-state index in [4.69, 9.17) is 0 Å². The summed E-state index contributed by atoms with van der Waals surface area (Å²) in [6, 6.07) is 9.81. The smallest absolute Gasteiger partial charge is 0.228 e. The van der Waals surface area contributed by atoms with Crippen LogP contribution in [0.3, 0.4) is 0 Å². The summed E-state index contributed by atoms with van der Waals surface area (Å²) in [5, 5.41) is 5.53. The number of anilines is 1. The Balaban J connectivity index is 1.58. The molecule has 2 aromatic rings. The molecule has 1 atom stereocenters. The molecular weight excluding hydrogens is 310 g/mol. The Morgan fingerprint density at radius 3 is 2.87 bits per heavy atom. The highest BCUT2D eigenvalue weighted by atomic mass is 32.1. The van der Waals surface area contributed by atoms with Gasteiger partial charge in [0.05, 0.1) is 18.2 Å². The second-order valence-corrected chi connectivity index (χ2v) is 6.48. The first-order valence-electron chi connectivity index (χ1n) is 7.72. The molecule has 1 fully saturated rings. The topological polar surface area (TPSA) is 62.3 Å². The molecule has 6 heteroatoms. The number of amides is 2. The molecule has 0 radical (unpaired) electrons. The lowest BCUT2D eigenvalue weighted by Gasteiger charge is -2.13. The molecule has 1 aromatic carbocycles. The number of nitrogens with zero attached hydrogens (tertiary/aromatic N) is 2. The third-order valence-corrected chi connectivity index (χ3v) is 4.78. The van der Waals surface area contributed by atoms with Gasteiger partial charge >= 0.3 is 0 Å². The average Bonchev–Trinajstić information content (AvgIpc) is 3.16. The van der Waals surface area contributed by atoms with Gasteiger partial charge in [-0.25, -0.2) is 4.98 Å². The lowest BCUT2D eigenvalue weighted by Crippen LogP contribution is -2.28. The number of carbonyl (C=O) groups is 2. The molecule has 0 aliphatic carbocycles. The number of rotatable bonds is 5. The summed E-state index contributed by atoms with van der Waals surface area (Å²) in [6.07, 6.45) is 1.70. The number of hydrogen-bond donors (Lipinski definition) is 1. The first kappa shape index (κ1) is 15.7. The summed E-state index contributed by atoms with van der Waals surface area (Å²) in [7, 11) is 0. The summed E-state index contributed by atoms with van der Waals surface area (Å²) < 4.78 is 0. The van der Waals surface area contributed by atoms with Crippen molar-refractivity contribution in [2.75, 3.05) is 11.4 Å². The Kier molecular flexibility index (Phi) is 4.71. The number of hydrogen-bond acceptors (Lipinski definition) is 4. The van der Waals surface area contributed by atoms with Crippen LogP contribution in [0.5, 0.6) is 0 Å². The molecule has 0 bridgehead atoms. The largest absolute Gasteiger partial charge is 0.349 e. The molecule has 120 valence electrons. The van der Waals surface area contributed by atoms with E-state index < -0.39 is 0 Å². The van der Waals surface area contributed by atoms with Crippen molar-refractivity contribution in [3.05, 3.63) is 47.0 Å².